The zero-order chi connectivity index (χ0) is 19.6. The highest BCUT2D eigenvalue weighted by Gasteiger charge is 2.16. The van der Waals surface area contributed by atoms with Gasteiger partial charge >= 0.3 is 0 Å². The Hall–Kier alpha value is -2.73. The number of unbranched alkanes of at least 4 members (excludes halogenated alkanes) is 1. The van der Waals surface area contributed by atoms with E-state index in [-0.39, 0.29) is 0 Å². The smallest absolute Gasteiger partial charge is 0.193 e. The Morgan fingerprint density at radius 1 is 1.04 bits per heavy atom. The summed E-state index contributed by atoms with van der Waals surface area (Å²) in [5, 5.41) is 3.11. The lowest BCUT2D eigenvalue weighted by Crippen LogP contribution is -2.46. The number of hydrogen-bond donors (Lipinski definition) is 2. The van der Waals surface area contributed by atoms with Crippen molar-refractivity contribution in [2.24, 2.45) is 10.7 Å². The number of hydrogen-bond acceptors (Lipinski definition) is 4. The van der Waals surface area contributed by atoms with Gasteiger partial charge in [0.25, 0.3) is 0 Å². The molecular formula is C22H31N5O. The van der Waals surface area contributed by atoms with Gasteiger partial charge in [0.15, 0.2) is 5.96 Å². The predicted octanol–water partition coefficient (Wildman–Crippen LogP) is 3.02. The molecule has 1 aliphatic rings. The minimum Gasteiger partial charge on any atom is -0.497 e. The molecule has 3 rings (SSSR count). The highest BCUT2D eigenvalue weighted by molar-refractivity contribution is 5.92. The van der Waals surface area contributed by atoms with E-state index in [0.29, 0.717) is 5.96 Å². The average molecular weight is 382 g/mol. The second-order valence-electron chi connectivity index (χ2n) is 7.00. The first kappa shape index (κ1) is 20.0. The molecule has 1 fully saturated rings. The predicted molar refractivity (Wildman–Crippen MR) is 117 cm³/mol. The van der Waals surface area contributed by atoms with Gasteiger partial charge in [0.2, 0.25) is 0 Å². The monoisotopic (exact) mass is 381 g/mol. The summed E-state index contributed by atoms with van der Waals surface area (Å²) < 4.78 is 5.21. The normalized spacial score (nSPS) is 15.5. The van der Waals surface area contributed by atoms with Crippen molar-refractivity contribution in [3.05, 3.63) is 54.6 Å². The van der Waals surface area contributed by atoms with Gasteiger partial charge in [-0.05, 0) is 43.7 Å². The molecule has 0 aliphatic carbocycles. The van der Waals surface area contributed by atoms with Crippen LogP contribution in [0.15, 0.2) is 59.6 Å². The first-order chi connectivity index (χ1) is 13.7. The number of methoxy groups -OCH3 is 1. The summed E-state index contributed by atoms with van der Waals surface area (Å²) in [5.41, 5.74) is 8.19. The topological polar surface area (TPSA) is 66.1 Å². The maximum Gasteiger partial charge on any atom is 0.193 e. The van der Waals surface area contributed by atoms with Crippen molar-refractivity contribution in [1.82, 2.24) is 4.90 Å². The number of aliphatic imine (C=N–C) groups is 1. The Balaban J connectivity index is 1.31. The number of nitrogens with two attached hydrogens (primary N) is 1. The lowest BCUT2D eigenvalue weighted by Gasteiger charge is -2.36. The van der Waals surface area contributed by atoms with Gasteiger partial charge in [-0.25, -0.2) is 0 Å². The quantitative estimate of drug-likeness (QED) is 0.418. The van der Waals surface area contributed by atoms with E-state index < -0.39 is 0 Å². The van der Waals surface area contributed by atoms with Crippen molar-refractivity contribution in [2.45, 2.75) is 12.8 Å². The zero-order valence-electron chi connectivity index (χ0n) is 16.7. The number of guanidine groups is 1. The van der Waals surface area contributed by atoms with Crippen molar-refractivity contribution in [3.8, 4) is 5.75 Å². The lowest BCUT2D eigenvalue weighted by molar-refractivity contribution is 0.253. The largest absolute Gasteiger partial charge is 0.497 e. The van der Waals surface area contributed by atoms with E-state index in [1.807, 2.05) is 24.3 Å². The second kappa shape index (κ2) is 10.6. The minimum atomic E-state index is 0.449. The molecule has 6 heteroatoms. The molecule has 6 nitrogen and oxygen atoms in total. The van der Waals surface area contributed by atoms with E-state index in [9.17, 15) is 0 Å². The molecule has 0 saturated carbocycles. The highest BCUT2D eigenvalue weighted by atomic mass is 16.5. The van der Waals surface area contributed by atoms with Crippen LogP contribution in [-0.4, -0.2) is 57.2 Å². The van der Waals surface area contributed by atoms with Gasteiger partial charge in [0.1, 0.15) is 5.75 Å². The van der Waals surface area contributed by atoms with Crippen LogP contribution in [0.3, 0.4) is 0 Å². The summed E-state index contributed by atoms with van der Waals surface area (Å²) in [5.74, 6) is 1.25. The van der Waals surface area contributed by atoms with Crippen LogP contribution in [0.25, 0.3) is 0 Å². The van der Waals surface area contributed by atoms with Gasteiger partial charge in [-0.1, -0.05) is 24.3 Å². The standard InChI is InChI=1S/C22H31N5O/c1-28-21-11-7-8-19(18-21)25-22(23)24-12-5-6-13-26-14-16-27(17-15-26)20-9-3-2-4-10-20/h2-4,7-11,18H,5-6,12-17H2,1H3,(H3,23,24,25). The SMILES string of the molecule is COc1cccc(NC(N)=NCCCCN2CCN(c3ccccc3)CC2)c1. The average Bonchev–Trinajstić information content (AvgIpc) is 2.74. The summed E-state index contributed by atoms with van der Waals surface area (Å²) in [6.45, 7) is 6.31. The summed E-state index contributed by atoms with van der Waals surface area (Å²) >= 11 is 0. The molecular weight excluding hydrogens is 350 g/mol. The Labute approximate surface area is 168 Å². The zero-order valence-corrected chi connectivity index (χ0v) is 16.7. The van der Waals surface area contributed by atoms with Crippen molar-refractivity contribution in [1.29, 1.82) is 0 Å². The molecule has 150 valence electrons. The third-order valence-corrected chi connectivity index (χ3v) is 5.00. The van der Waals surface area contributed by atoms with Crippen molar-refractivity contribution < 1.29 is 4.74 Å². The molecule has 1 heterocycles. The first-order valence-corrected chi connectivity index (χ1v) is 9.98. The molecule has 0 bridgehead atoms. The second-order valence-corrected chi connectivity index (χ2v) is 7.00. The fourth-order valence-electron chi connectivity index (χ4n) is 3.40. The van der Waals surface area contributed by atoms with Gasteiger partial charge in [0.05, 0.1) is 7.11 Å². The number of anilines is 2. The summed E-state index contributed by atoms with van der Waals surface area (Å²) in [4.78, 5) is 9.43. The van der Waals surface area contributed by atoms with Crippen LogP contribution in [0, 0.1) is 0 Å². The van der Waals surface area contributed by atoms with E-state index in [0.717, 1.165) is 63.5 Å². The van der Waals surface area contributed by atoms with Crippen LogP contribution in [0.4, 0.5) is 11.4 Å². The first-order valence-electron chi connectivity index (χ1n) is 9.98. The van der Waals surface area contributed by atoms with Crippen LogP contribution in [0.2, 0.25) is 0 Å². The number of benzene rings is 2. The van der Waals surface area contributed by atoms with Crippen LogP contribution in [0.5, 0.6) is 5.75 Å². The van der Waals surface area contributed by atoms with E-state index in [1.54, 1.807) is 7.11 Å². The maximum atomic E-state index is 5.97. The number of piperazine rings is 1. The molecule has 0 unspecified atom stereocenters. The number of rotatable bonds is 8. The van der Waals surface area contributed by atoms with E-state index >= 15 is 0 Å². The van der Waals surface area contributed by atoms with E-state index in [4.69, 9.17) is 10.5 Å². The Morgan fingerprint density at radius 2 is 1.82 bits per heavy atom. The van der Waals surface area contributed by atoms with Crippen LogP contribution in [0.1, 0.15) is 12.8 Å². The minimum absolute atomic E-state index is 0.449. The molecule has 28 heavy (non-hydrogen) atoms. The fourth-order valence-corrected chi connectivity index (χ4v) is 3.40. The summed E-state index contributed by atoms with van der Waals surface area (Å²) in [7, 11) is 1.65. The van der Waals surface area contributed by atoms with E-state index in [1.165, 1.54) is 5.69 Å². The molecule has 3 N–H and O–H groups in total. The molecule has 0 amide bonds. The van der Waals surface area contributed by atoms with Gasteiger partial charge in [0, 0.05) is 50.2 Å². The van der Waals surface area contributed by atoms with Gasteiger partial charge in [-0.3, -0.25) is 9.89 Å². The number of para-hydroxylation sites is 1. The fraction of sp³-hybridized carbons (Fsp3) is 0.409. The molecule has 0 aromatic heterocycles. The highest BCUT2D eigenvalue weighted by Crippen LogP contribution is 2.17. The molecule has 2 aromatic carbocycles. The lowest BCUT2D eigenvalue weighted by atomic mass is 10.2. The summed E-state index contributed by atoms with van der Waals surface area (Å²) in [6, 6.07) is 18.3. The van der Waals surface area contributed by atoms with Crippen molar-refractivity contribution >= 4 is 17.3 Å². The van der Waals surface area contributed by atoms with Gasteiger partial charge in [-0.2, -0.15) is 0 Å². The maximum absolute atomic E-state index is 5.97. The van der Waals surface area contributed by atoms with Crippen LogP contribution < -0.4 is 20.7 Å². The van der Waals surface area contributed by atoms with Crippen molar-refractivity contribution in [2.75, 3.05) is 56.6 Å². The third kappa shape index (κ3) is 6.16. The summed E-state index contributed by atoms with van der Waals surface area (Å²) in [6.07, 6.45) is 2.18. The van der Waals surface area contributed by atoms with Gasteiger partial charge in [-0.15, -0.1) is 0 Å². The molecule has 1 aliphatic heterocycles. The Bertz CT molecular complexity index is 742. The molecule has 0 atom stereocenters. The molecule has 2 aromatic rings. The van der Waals surface area contributed by atoms with Gasteiger partial charge < -0.3 is 20.7 Å². The third-order valence-electron chi connectivity index (χ3n) is 5.00. The number of nitrogens with one attached hydrogen (secondary N) is 1. The molecule has 1 saturated heterocycles. The number of ether oxygens (including phenoxy) is 1. The number of nitrogens with zero attached hydrogens (tertiary/aromatic N) is 3. The molecule has 0 radical (unpaired) electrons. The van der Waals surface area contributed by atoms with E-state index in [2.05, 4.69) is 50.4 Å². The Morgan fingerprint density at radius 3 is 2.57 bits per heavy atom. The Kier molecular flexibility index (Phi) is 7.55. The van der Waals surface area contributed by atoms with Crippen LogP contribution in [-0.2, 0) is 0 Å². The molecule has 0 spiro atoms. The van der Waals surface area contributed by atoms with Crippen molar-refractivity contribution in [3.63, 3.8) is 0 Å². The van der Waals surface area contributed by atoms with Crippen LogP contribution >= 0.6 is 0 Å².